The lowest BCUT2D eigenvalue weighted by Gasteiger charge is -2.13. The molecule has 32 heavy (non-hydrogen) atoms. The molecule has 0 aliphatic rings. The van der Waals surface area contributed by atoms with Crippen LogP contribution >= 0.6 is 0 Å². The Hall–Kier alpha value is -3.91. The maximum atomic E-state index is 12.8. The predicted octanol–water partition coefficient (Wildman–Crippen LogP) is 2.68. The van der Waals surface area contributed by atoms with Crippen LogP contribution in [-0.4, -0.2) is 16.6 Å². The van der Waals surface area contributed by atoms with E-state index in [1.54, 1.807) is 13.0 Å². The zero-order valence-electron chi connectivity index (χ0n) is 17.8. The maximum absolute atomic E-state index is 12.8. The summed E-state index contributed by atoms with van der Waals surface area (Å²) in [6, 6.07) is 20.0. The minimum absolute atomic E-state index is 0.0406. The SMILES string of the molecule is Cc1ccc(NC(=O)OCc2ccccc2)c(=O)n1CC(=O)NCc1ccc(CN)cc1. The van der Waals surface area contributed by atoms with Gasteiger partial charge < -0.3 is 20.4 Å². The Kier molecular flexibility index (Phi) is 7.77. The zero-order valence-corrected chi connectivity index (χ0v) is 17.8. The number of anilines is 1. The summed E-state index contributed by atoms with van der Waals surface area (Å²) in [4.78, 5) is 37.3. The number of rotatable bonds is 8. The van der Waals surface area contributed by atoms with Gasteiger partial charge in [0.05, 0.1) is 0 Å². The largest absolute Gasteiger partial charge is 0.444 e. The fourth-order valence-corrected chi connectivity index (χ4v) is 3.02. The van der Waals surface area contributed by atoms with Crippen LogP contribution < -0.4 is 21.9 Å². The number of nitrogens with one attached hydrogen (secondary N) is 2. The first-order valence-electron chi connectivity index (χ1n) is 10.2. The quantitative estimate of drug-likeness (QED) is 0.504. The summed E-state index contributed by atoms with van der Waals surface area (Å²) in [5, 5.41) is 5.25. The normalized spacial score (nSPS) is 10.4. The number of nitrogens with zero attached hydrogens (tertiary/aromatic N) is 1. The molecule has 3 rings (SSSR count). The molecule has 0 bridgehead atoms. The second-order valence-corrected chi connectivity index (χ2v) is 7.26. The van der Waals surface area contributed by atoms with Crippen molar-refractivity contribution in [3.63, 3.8) is 0 Å². The number of hydrogen-bond acceptors (Lipinski definition) is 5. The second kappa shape index (κ2) is 10.9. The van der Waals surface area contributed by atoms with Crippen molar-refractivity contribution in [3.05, 3.63) is 99.5 Å². The number of aromatic nitrogens is 1. The molecular weight excluding hydrogens is 408 g/mol. The summed E-state index contributed by atoms with van der Waals surface area (Å²) < 4.78 is 6.46. The molecule has 0 unspecified atom stereocenters. The summed E-state index contributed by atoms with van der Waals surface area (Å²) in [5.41, 5.74) is 8.51. The number of aryl methyl sites for hydroxylation is 1. The lowest BCUT2D eigenvalue weighted by atomic mass is 10.1. The topological polar surface area (TPSA) is 115 Å². The molecule has 3 aromatic rings. The molecule has 0 atom stereocenters. The molecule has 8 heteroatoms. The van der Waals surface area contributed by atoms with E-state index in [1.165, 1.54) is 10.6 Å². The standard InChI is InChI=1S/C24H26N4O4/c1-17-7-12-21(27-24(31)32-16-20-5-3-2-4-6-20)23(30)28(17)15-22(29)26-14-19-10-8-18(13-25)9-11-19/h2-12H,13-16,25H2,1H3,(H,26,29)(H,27,31). The highest BCUT2D eigenvalue weighted by atomic mass is 16.5. The van der Waals surface area contributed by atoms with E-state index in [2.05, 4.69) is 10.6 Å². The van der Waals surface area contributed by atoms with E-state index in [9.17, 15) is 14.4 Å². The summed E-state index contributed by atoms with van der Waals surface area (Å²) >= 11 is 0. The Labute approximate surface area is 186 Å². The molecule has 1 heterocycles. The number of pyridine rings is 1. The molecule has 8 nitrogen and oxygen atoms in total. The monoisotopic (exact) mass is 434 g/mol. The van der Waals surface area contributed by atoms with Gasteiger partial charge in [-0.15, -0.1) is 0 Å². The van der Waals surface area contributed by atoms with Crippen LogP contribution in [0.25, 0.3) is 0 Å². The Bertz CT molecular complexity index is 1120. The third-order valence-corrected chi connectivity index (χ3v) is 4.89. The third kappa shape index (κ3) is 6.29. The predicted molar refractivity (Wildman–Crippen MR) is 122 cm³/mol. The van der Waals surface area contributed by atoms with Gasteiger partial charge in [0.1, 0.15) is 18.8 Å². The molecule has 0 spiro atoms. The van der Waals surface area contributed by atoms with Crippen LogP contribution in [0.1, 0.15) is 22.4 Å². The molecule has 0 radical (unpaired) electrons. The van der Waals surface area contributed by atoms with E-state index < -0.39 is 11.7 Å². The second-order valence-electron chi connectivity index (χ2n) is 7.26. The van der Waals surface area contributed by atoms with Crippen LogP contribution in [0.15, 0.2) is 71.5 Å². The fraction of sp³-hybridized carbons (Fsp3) is 0.208. The highest BCUT2D eigenvalue weighted by Gasteiger charge is 2.13. The number of hydrogen-bond donors (Lipinski definition) is 3. The highest BCUT2D eigenvalue weighted by Crippen LogP contribution is 2.07. The van der Waals surface area contributed by atoms with Crippen LogP contribution in [0.3, 0.4) is 0 Å². The van der Waals surface area contributed by atoms with Crippen molar-refractivity contribution in [1.82, 2.24) is 9.88 Å². The van der Waals surface area contributed by atoms with Gasteiger partial charge in [0.25, 0.3) is 5.56 Å². The van der Waals surface area contributed by atoms with E-state index in [-0.39, 0.29) is 24.7 Å². The first-order chi connectivity index (χ1) is 15.5. The number of carbonyl (C=O) groups is 2. The first-order valence-corrected chi connectivity index (χ1v) is 10.2. The summed E-state index contributed by atoms with van der Waals surface area (Å²) in [7, 11) is 0. The Balaban J connectivity index is 1.59. The lowest BCUT2D eigenvalue weighted by Crippen LogP contribution is -2.34. The van der Waals surface area contributed by atoms with Gasteiger partial charge in [-0.3, -0.25) is 14.9 Å². The first kappa shape index (κ1) is 22.8. The molecule has 1 aromatic heterocycles. The van der Waals surface area contributed by atoms with Crippen LogP contribution in [0.4, 0.5) is 10.5 Å². The van der Waals surface area contributed by atoms with Gasteiger partial charge in [-0.05, 0) is 35.7 Å². The van der Waals surface area contributed by atoms with Crippen molar-refractivity contribution in [1.29, 1.82) is 0 Å². The Morgan fingerprint density at radius 1 is 0.938 bits per heavy atom. The zero-order chi connectivity index (χ0) is 22.9. The van der Waals surface area contributed by atoms with Gasteiger partial charge in [0.2, 0.25) is 5.91 Å². The summed E-state index contributed by atoms with van der Waals surface area (Å²) in [6.45, 7) is 2.43. The fourth-order valence-electron chi connectivity index (χ4n) is 3.02. The third-order valence-electron chi connectivity index (χ3n) is 4.89. The lowest BCUT2D eigenvalue weighted by molar-refractivity contribution is -0.121. The van der Waals surface area contributed by atoms with Crippen molar-refractivity contribution < 1.29 is 14.3 Å². The van der Waals surface area contributed by atoms with Crippen molar-refractivity contribution >= 4 is 17.7 Å². The maximum Gasteiger partial charge on any atom is 0.412 e. The van der Waals surface area contributed by atoms with Crippen LogP contribution in [0.5, 0.6) is 0 Å². The van der Waals surface area contributed by atoms with Gasteiger partial charge in [-0.2, -0.15) is 0 Å². The molecular formula is C24H26N4O4. The average Bonchev–Trinajstić information content (AvgIpc) is 2.82. The molecule has 2 amide bonds. The van der Waals surface area contributed by atoms with Gasteiger partial charge in [0, 0.05) is 18.8 Å². The van der Waals surface area contributed by atoms with E-state index in [0.717, 1.165) is 16.7 Å². The minimum Gasteiger partial charge on any atom is -0.444 e. The number of benzene rings is 2. The molecule has 0 fully saturated rings. The molecule has 2 aromatic carbocycles. The van der Waals surface area contributed by atoms with E-state index in [1.807, 2.05) is 54.6 Å². The van der Waals surface area contributed by atoms with Gasteiger partial charge in [-0.25, -0.2) is 4.79 Å². The van der Waals surface area contributed by atoms with E-state index in [0.29, 0.717) is 18.8 Å². The molecule has 4 N–H and O–H groups in total. The number of carbonyl (C=O) groups excluding carboxylic acids is 2. The summed E-state index contributed by atoms with van der Waals surface area (Å²) in [5.74, 6) is -0.318. The van der Waals surface area contributed by atoms with Crippen molar-refractivity contribution in [2.75, 3.05) is 5.32 Å². The van der Waals surface area contributed by atoms with Crippen molar-refractivity contribution in [2.45, 2.75) is 33.2 Å². The van der Waals surface area contributed by atoms with Gasteiger partial charge in [0.15, 0.2) is 0 Å². The summed E-state index contributed by atoms with van der Waals surface area (Å²) in [6.07, 6.45) is -0.744. The molecule has 166 valence electrons. The Morgan fingerprint density at radius 3 is 2.31 bits per heavy atom. The molecule has 0 saturated carbocycles. The number of nitrogens with two attached hydrogens (primary N) is 1. The minimum atomic E-state index is -0.744. The molecule has 0 aliphatic heterocycles. The number of amides is 2. The molecule has 0 saturated heterocycles. The highest BCUT2D eigenvalue weighted by molar-refractivity contribution is 5.84. The molecule has 0 aliphatic carbocycles. The van der Waals surface area contributed by atoms with Crippen molar-refractivity contribution in [3.8, 4) is 0 Å². The van der Waals surface area contributed by atoms with E-state index in [4.69, 9.17) is 10.5 Å². The Morgan fingerprint density at radius 2 is 1.62 bits per heavy atom. The van der Waals surface area contributed by atoms with Crippen LogP contribution in [-0.2, 0) is 35.8 Å². The van der Waals surface area contributed by atoms with Crippen LogP contribution in [0, 0.1) is 6.92 Å². The van der Waals surface area contributed by atoms with Gasteiger partial charge >= 0.3 is 6.09 Å². The average molecular weight is 434 g/mol. The smallest absolute Gasteiger partial charge is 0.412 e. The van der Waals surface area contributed by atoms with Gasteiger partial charge in [-0.1, -0.05) is 54.6 Å². The van der Waals surface area contributed by atoms with E-state index >= 15 is 0 Å². The van der Waals surface area contributed by atoms with Crippen LogP contribution in [0.2, 0.25) is 0 Å². The number of ether oxygens (including phenoxy) is 1. The van der Waals surface area contributed by atoms with Crippen molar-refractivity contribution in [2.24, 2.45) is 5.73 Å².